The van der Waals surface area contributed by atoms with E-state index in [0.717, 1.165) is 0 Å². The number of hydrogen-bond donors (Lipinski definition) is 3. The lowest BCUT2D eigenvalue weighted by molar-refractivity contribution is 0.159. The first-order valence-electron chi connectivity index (χ1n) is 4.69. The molecule has 0 unspecified atom stereocenters. The van der Waals surface area contributed by atoms with Gasteiger partial charge in [-0.05, 0) is 31.2 Å². The highest BCUT2D eigenvalue weighted by Gasteiger charge is 2.14. The van der Waals surface area contributed by atoms with E-state index in [1.165, 1.54) is 24.3 Å². The lowest BCUT2D eigenvalue weighted by atomic mass is 10.3. The summed E-state index contributed by atoms with van der Waals surface area (Å²) in [7, 11) is -4.03. The van der Waals surface area contributed by atoms with E-state index in [9.17, 15) is 13.2 Å². The number of benzene rings is 1. The van der Waals surface area contributed by atoms with Crippen molar-refractivity contribution in [1.29, 1.82) is 0 Å². The van der Waals surface area contributed by atoms with Gasteiger partial charge in [-0.25, -0.2) is 9.52 Å². The highest BCUT2D eigenvalue weighted by molar-refractivity contribution is 7.91. The Labute approximate surface area is 98.6 Å². The summed E-state index contributed by atoms with van der Waals surface area (Å²) in [6.07, 6.45) is -1.06. The van der Waals surface area contributed by atoms with Crippen LogP contribution in [0.4, 0.5) is 10.5 Å². The first-order valence-corrected chi connectivity index (χ1v) is 6.17. The molecule has 0 fully saturated rings. The summed E-state index contributed by atoms with van der Waals surface area (Å²) in [5, 5.41) is 9.00. The van der Waals surface area contributed by atoms with E-state index in [-0.39, 0.29) is 18.0 Å². The van der Waals surface area contributed by atoms with Crippen molar-refractivity contribution >= 4 is 22.0 Å². The van der Waals surface area contributed by atoms with Crippen LogP contribution >= 0.6 is 0 Å². The molecule has 0 saturated carbocycles. The summed E-state index contributed by atoms with van der Waals surface area (Å²) >= 11 is 0. The lowest BCUT2D eigenvalue weighted by Crippen LogP contribution is -2.35. The maximum atomic E-state index is 11.4. The summed E-state index contributed by atoms with van der Waals surface area (Å²) in [6.45, 7) is 1.63. The standard InChI is InChI=1S/C9H12N2O5S/c1-2-16-9(13)11-17(14,15)10-7-3-5-8(12)6-4-7/h3-6,10,12H,2H2,1H3,(H,11,13). The summed E-state index contributed by atoms with van der Waals surface area (Å²) in [6, 6.07) is 5.31. The number of carbonyl (C=O) groups excluding carboxylic acids is 1. The van der Waals surface area contributed by atoms with Gasteiger partial charge in [0.15, 0.2) is 0 Å². The number of carbonyl (C=O) groups is 1. The normalized spacial score (nSPS) is 10.6. The fourth-order valence-corrected chi connectivity index (χ4v) is 1.76. The number of aromatic hydroxyl groups is 1. The van der Waals surface area contributed by atoms with E-state index in [0.29, 0.717) is 0 Å². The fourth-order valence-electron chi connectivity index (χ4n) is 0.980. The Morgan fingerprint density at radius 2 is 1.94 bits per heavy atom. The van der Waals surface area contributed by atoms with Crippen molar-refractivity contribution in [3.8, 4) is 5.75 Å². The lowest BCUT2D eigenvalue weighted by Gasteiger charge is -2.08. The maximum absolute atomic E-state index is 11.4. The molecule has 1 rings (SSSR count). The molecule has 0 aliphatic carbocycles. The molecule has 94 valence electrons. The monoisotopic (exact) mass is 260 g/mol. The van der Waals surface area contributed by atoms with Crippen LogP contribution in [0, 0.1) is 0 Å². The molecular weight excluding hydrogens is 248 g/mol. The van der Waals surface area contributed by atoms with Crippen LogP contribution in [-0.4, -0.2) is 26.2 Å². The zero-order valence-corrected chi connectivity index (χ0v) is 9.82. The largest absolute Gasteiger partial charge is 0.508 e. The molecule has 17 heavy (non-hydrogen) atoms. The van der Waals surface area contributed by atoms with Gasteiger partial charge in [0.25, 0.3) is 0 Å². The highest BCUT2D eigenvalue weighted by atomic mass is 32.2. The van der Waals surface area contributed by atoms with Crippen LogP contribution < -0.4 is 9.44 Å². The summed E-state index contributed by atoms with van der Waals surface area (Å²) in [4.78, 5) is 10.9. The van der Waals surface area contributed by atoms with Crippen molar-refractivity contribution in [3.05, 3.63) is 24.3 Å². The maximum Gasteiger partial charge on any atom is 0.422 e. The third-order valence-electron chi connectivity index (χ3n) is 1.61. The molecule has 0 aromatic heterocycles. The Hall–Kier alpha value is -1.96. The van der Waals surface area contributed by atoms with E-state index in [1.807, 2.05) is 0 Å². The Morgan fingerprint density at radius 3 is 2.47 bits per heavy atom. The minimum atomic E-state index is -4.03. The SMILES string of the molecule is CCOC(=O)NS(=O)(=O)Nc1ccc(O)cc1. The molecule has 0 aliphatic heterocycles. The topological polar surface area (TPSA) is 105 Å². The number of phenols is 1. The predicted molar refractivity (Wildman–Crippen MR) is 60.8 cm³/mol. The van der Waals surface area contributed by atoms with Crippen molar-refractivity contribution in [1.82, 2.24) is 4.72 Å². The number of ether oxygens (including phenoxy) is 1. The molecular formula is C9H12N2O5S. The zero-order chi connectivity index (χ0) is 12.9. The molecule has 0 aliphatic rings. The molecule has 0 saturated heterocycles. The minimum absolute atomic E-state index is 0.00583. The van der Waals surface area contributed by atoms with Crippen molar-refractivity contribution < 1.29 is 23.1 Å². The zero-order valence-electron chi connectivity index (χ0n) is 9.00. The third-order valence-corrected chi connectivity index (χ3v) is 2.55. The molecule has 0 radical (unpaired) electrons. The summed E-state index contributed by atoms with van der Waals surface area (Å²) in [5.74, 6) is 0.00583. The van der Waals surface area contributed by atoms with Gasteiger partial charge in [-0.15, -0.1) is 0 Å². The number of amides is 1. The van der Waals surface area contributed by atoms with Crippen LogP contribution in [0.25, 0.3) is 0 Å². The molecule has 8 heteroatoms. The second-order valence-corrected chi connectivity index (χ2v) is 4.39. The predicted octanol–water partition coefficient (Wildman–Crippen LogP) is 0.795. The van der Waals surface area contributed by atoms with Gasteiger partial charge in [0.1, 0.15) is 5.75 Å². The quantitative estimate of drug-likeness (QED) is 0.694. The second kappa shape index (κ2) is 5.39. The first kappa shape index (κ1) is 13.1. The van der Waals surface area contributed by atoms with Crippen LogP contribution in [-0.2, 0) is 14.9 Å². The Morgan fingerprint density at radius 1 is 1.35 bits per heavy atom. The number of nitrogens with one attached hydrogen (secondary N) is 2. The van der Waals surface area contributed by atoms with Gasteiger partial charge in [0.05, 0.1) is 12.3 Å². The van der Waals surface area contributed by atoms with Crippen molar-refractivity contribution in [2.45, 2.75) is 6.92 Å². The van der Waals surface area contributed by atoms with E-state index in [1.54, 1.807) is 11.6 Å². The summed E-state index contributed by atoms with van der Waals surface area (Å²) < 4.78 is 30.9. The molecule has 1 amide bonds. The molecule has 0 bridgehead atoms. The van der Waals surface area contributed by atoms with Gasteiger partial charge in [-0.1, -0.05) is 0 Å². The average molecular weight is 260 g/mol. The van der Waals surface area contributed by atoms with Gasteiger partial charge < -0.3 is 9.84 Å². The minimum Gasteiger partial charge on any atom is -0.508 e. The van der Waals surface area contributed by atoms with Gasteiger partial charge >= 0.3 is 16.3 Å². The molecule has 1 aromatic rings. The van der Waals surface area contributed by atoms with E-state index < -0.39 is 16.3 Å². The molecule has 0 heterocycles. The molecule has 7 nitrogen and oxygen atoms in total. The van der Waals surface area contributed by atoms with Gasteiger partial charge in [0, 0.05) is 0 Å². The van der Waals surface area contributed by atoms with E-state index in [4.69, 9.17) is 5.11 Å². The van der Waals surface area contributed by atoms with Crippen LogP contribution in [0.1, 0.15) is 6.92 Å². The fraction of sp³-hybridized carbons (Fsp3) is 0.222. The van der Waals surface area contributed by atoms with Crippen LogP contribution in [0.5, 0.6) is 5.75 Å². The molecule has 1 aromatic carbocycles. The van der Waals surface area contributed by atoms with Gasteiger partial charge in [-0.2, -0.15) is 8.42 Å². The second-order valence-electron chi connectivity index (χ2n) is 2.97. The third kappa shape index (κ3) is 4.60. The summed E-state index contributed by atoms with van der Waals surface area (Å²) in [5.41, 5.74) is 0.208. The Kier molecular flexibility index (Phi) is 4.16. The van der Waals surface area contributed by atoms with Crippen molar-refractivity contribution in [3.63, 3.8) is 0 Å². The molecule has 0 atom stereocenters. The van der Waals surface area contributed by atoms with Gasteiger partial charge in [-0.3, -0.25) is 4.72 Å². The Bertz CT molecular complexity index is 483. The number of hydrogen-bond acceptors (Lipinski definition) is 5. The number of anilines is 1. The van der Waals surface area contributed by atoms with Crippen LogP contribution in [0.2, 0.25) is 0 Å². The van der Waals surface area contributed by atoms with E-state index in [2.05, 4.69) is 9.46 Å². The van der Waals surface area contributed by atoms with Gasteiger partial charge in [0.2, 0.25) is 0 Å². The highest BCUT2D eigenvalue weighted by Crippen LogP contribution is 2.14. The number of rotatable bonds is 4. The van der Waals surface area contributed by atoms with E-state index >= 15 is 0 Å². The molecule has 3 N–H and O–H groups in total. The smallest absolute Gasteiger partial charge is 0.422 e. The van der Waals surface area contributed by atoms with Crippen molar-refractivity contribution in [2.24, 2.45) is 0 Å². The average Bonchev–Trinajstić information content (AvgIpc) is 2.20. The van der Waals surface area contributed by atoms with Crippen molar-refractivity contribution in [2.75, 3.05) is 11.3 Å². The number of phenolic OH excluding ortho intramolecular Hbond substituents is 1. The van der Waals surface area contributed by atoms with Crippen LogP contribution in [0.3, 0.4) is 0 Å². The Balaban J connectivity index is 2.66. The molecule has 0 spiro atoms. The first-order chi connectivity index (χ1) is 7.93. The van der Waals surface area contributed by atoms with Crippen LogP contribution in [0.15, 0.2) is 24.3 Å².